The van der Waals surface area contributed by atoms with Gasteiger partial charge in [-0.1, -0.05) is 24.3 Å². The Morgan fingerprint density at radius 2 is 1.86 bits per heavy atom. The van der Waals surface area contributed by atoms with Crippen molar-refractivity contribution in [2.24, 2.45) is 4.99 Å². The van der Waals surface area contributed by atoms with Crippen molar-refractivity contribution in [1.29, 1.82) is 0 Å². The number of ketones is 1. The van der Waals surface area contributed by atoms with Gasteiger partial charge in [0.05, 0.1) is 7.11 Å². The van der Waals surface area contributed by atoms with Crippen LogP contribution in [-0.4, -0.2) is 53.7 Å². The molecule has 0 radical (unpaired) electrons. The standard InChI is InChI=1S/C20H18N2O6/c1-22-18(21-16(20(25)26)17(23)19(22)24)13-4-3-5-15(10-13)28-11-12-6-8-14(27-2)9-7-12/h3-10,16H,11H2,1-2H3,(H,25,26). The lowest BCUT2D eigenvalue weighted by molar-refractivity contribution is -0.149. The van der Waals surface area contributed by atoms with Crippen LogP contribution in [-0.2, 0) is 21.0 Å². The van der Waals surface area contributed by atoms with Crippen LogP contribution >= 0.6 is 0 Å². The van der Waals surface area contributed by atoms with E-state index in [2.05, 4.69) is 4.99 Å². The number of nitrogens with zero attached hydrogens (tertiary/aromatic N) is 2. The van der Waals surface area contributed by atoms with Gasteiger partial charge in [0, 0.05) is 12.6 Å². The van der Waals surface area contributed by atoms with Gasteiger partial charge in [0.1, 0.15) is 23.9 Å². The molecule has 8 heteroatoms. The Bertz CT molecular complexity index is 951. The van der Waals surface area contributed by atoms with Crippen molar-refractivity contribution in [3.63, 3.8) is 0 Å². The van der Waals surface area contributed by atoms with E-state index in [1.165, 1.54) is 7.05 Å². The summed E-state index contributed by atoms with van der Waals surface area (Å²) in [5.41, 5.74) is 1.41. The fourth-order valence-electron chi connectivity index (χ4n) is 2.69. The second-order valence-electron chi connectivity index (χ2n) is 6.09. The summed E-state index contributed by atoms with van der Waals surface area (Å²) in [6, 6.07) is 12.4. The number of hydrogen-bond acceptors (Lipinski definition) is 6. The molecule has 1 heterocycles. The van der Waals surface area contributed by atoms with Crippen LogP contribution in [0.2, 0.25) is 0 Å². The minimum Gasteiger partial charge on any atom is -0.497 e. The van der Waals surface area contributed by atoms with Crippen LogP contribution in [0.15, 0.2) is 53.5 Å². The van der Waals surface area contributed by atoms with Gasteiger partial charge in [0.15, 0.2) is 0 Å². The highest BCUT2D eigenvalue weighted by atomic mass is 16.5. The third kappa shape index (κ3) is 3.85. The van der Waals surface area contributed by atoms with Crippen LogP contribution in [0.5, 0.6) is 11.5 Å². The first kappa shape index (κ1) is 19.1. The number of carbonyl (C=O) groups excluding carboxylic acids is 2. The number of ether oxygens (including phenoxy) is 2. The van der Waals surface area contributed by atoms with Crippen molar-refractivity contribution in [2.75, 3.05) is 14.2 Å². The minimum atomic E-state index is -1.73. The molecule has 1 unspecified atom stereocenters. The maximum atomic E-state index is 12.1. The predicted octanol–water partition coefficient (Wildman–Crippen LogP) is 1.52. The van der Waals surface area contributed by atoms with Gasteiger partial charge >= 0.3 is 5.97 Å². The first-order chi connectivity index (χ1) is 13.4. The molecule has 1 amide bonds. The molecule has 144 valence electrons. The van der Waals surface area contributed by atoms with Gasteiger partial charge in [-0.3, -0.25) is 14.5 Å². The van der Waals surface area contributed by atoms with Gasteiger partial charge in [-0.2, -0.15) is 0 Å². The van der Waals surface area contributed by atoms with Crippen LogP contribution in [0, 0.1) is 0 Å². The Labute approximate surface area is 161 Å². The zero-order valence-corrected chi connectivity index (χ0v) is 15.3. The summed E-state index contributed by atoms with van der Waals surface area (Å²) in [7, 11) is 2.97. The lowest BCUT2D eigenvalue weighted by Crippen LogP contribution is -2.50. The van der Waals surface area contributed by atoms with Gasteiger partial charge in [-0.05, 0) is 29.8 Å². The number of methoxy groups -OCH3 is 1. The Morgan fingerprint density at radius 3 is 2.50 bits per heavy atom. The summed E-state index contributed by atoms with van der Waals surface area (Å²) in [5, 5.41) is 9.15. The normalized spacial score (nSPS) is 16.6. The number of carboxylic acid groups (broad SMARTS) is 1. The molecule has 0 saturated carbocycles. The zero-order valence-electron chi connectivity index (χ0n) is 15.3. The summed E-state index contributed by atoms with van der Waals surface area (Å²) >= 11 is 0. The second-order valence-corrected chi connectivity index (χ2v) is 6.09. The molecule has 0 spiro atoms. The molecule has 0 fully saturated rings. The molecule has 1 aliphatic rings. The summed E-state index contributed by atoms with van der Waals surface area (Å²) in [6.45, 7) is 0.310. The van der Waals surface area contributed by atoms with Crippen molar-refractivity contribution in [2.45, 2.75) is 12.6 Å². The number of Topliss-reactive ketones (excluding diaryl/α,β-unsaturated/α-hetero) is 1. The van der Waals surface area contributed by atoms with Gasteiger partial charge in [-0.15, -0.1) is 0 Å². The molecule has 0 bridgehead atoms. The van der Waals surface area contributed by atoms with Crippen molar-refractivity contribution >= 4 is 23.5 Å². The maximum Gasteiger partial charge on any atom is 0.336 e. The van der Waals surface area contributed by atoms with Gasteiger partial charge in [0.2, 0.25) is 6.04 Å². The van der Waals surface area contributed by atoms with Crippen LogP contribution < -0.4 is 9.47 Å². The number of benzene rings is 2. The largest absolute Gasteiger partial charge is 0.497 e. The molecule has 2 aromatic rings. The van der Waals surface area contributed by atoms with Crippen molar-refractivity contribution in [3.8, 4) is 11.5 Å². The molecular formula is C20H18N2O6. The summed E-state index contributed by atoms with van der Waals surface area (Å²) in [6.07, 6.45) is 0. The van der Waals surface area contributed by atoms with Crippen molar-refractivity contribution in [3.05, 3.63) is 59.7 Å². The average Bonchev–Trinajstić information content (AvgIpc) is 2.71. The lowest BCUT2D eigenvalue weighted by Gasteiger charge is -2.25. The van der Waals surface area contributed by atoms with Crippen molar-refractivity contribution < 1.29 is 29.0 Å². The van der Waals surface area contributed by atoms with Crippen molar-refractivity contribution in [1.82, 2.24) is 4.90 Å². The van der Waals surface area contributed by atoms with E-state index in [1.807, 2.05) is 24.3 Å². The third-order valence-electron chi connectivity index (χ3n) is 4.22. The highest BCUT2D eigenvalue weighted by Crippen LogP contribution is 2.20. The Balaban J connectivity index is 1.81. The number of aliphatic imine (C=N–C) groups is 1. The minimum absolute atomic E-state index is 0.104. The number of carboxylic acids is 1. The third-order valence-corrected chi connectivity index (χ3v) is 4.22. The number of aliphatic carboxylic acids is 1. The second kappa shape index (κ2) is 7.91. The van der Waals surface area contributed by atoms with E-state index in [4.69, 9.17) is 14.6 Å². The van der Waals surface area contributed by atoms with Crippen LogP contribution in [0.1, 0.15) is 11.1 Å². The topological polar surface area (TPSA) is 105 Å². The first-order valence-corrected chi connectivity index (χ1v) is 8.39. The molecule has 0 saturated heterocycles. The quantitative estimate of drug-likeness (QED) is 0.600. The number of amides is 1. The number of amidine groups is 1. The van der Waals surface area contributed by atoms with Gasteiger partial charge < -0.3 is 14.6 Å². The Morgan fingerprint density at radius 1 is 1.14 bits per heavy atom. The molecule has 1 N–H and O–H groups in total. The summed E-state index contributed by atoms with van der Waals surface area (Å²) < 4.78 is 10.9. The first-order valence-electron chi connectivity index (χ1n) is 8.39. The lowest BCUT2D eigenvalue weighted by atomic mass is 10.1. The molecule has 28 heavy (non-hydrogen) atoms. The molecule has 0 aromatic heterocycles. The Hall–Kier alpha value is -3.68. The van der Waals surface area contributed by atoms with E-state index >= 15 is 0 Å². The monoisotopic (exact) mass is 382 g/mol. The molecule has 2 aromatic carbocycles. The fourth-order valence-corrected chi connectivity index (χ4v) is 2.69. The molecular weight excluding hydrogens is 364 g/mol. The molecule has 3 rings (SSSR count). The predicted molar refractivity (Wildman–Crippen MR) is 99.5 cm³/mol. The van der Waals surface area contributed by atoms with Crippen LogP contribution in [0.25, 0.3) is 0 Å². The summed E-state index contributed by atoms with van der Waals surface area (Å²) in [5.74, 6) is -2.08. The highest BCUT2D eigenvalue weighted by Gasteiger charge is 2.39. The molecule has 1 atom stereocenters. The molecule has 0 aliphatic carbocycles. The van der Waals surface area contributed by atoms with E-state index in [0.717, 1.165) is 16.2 Å². The smallest absolute Gasteiger partial charge is 0.336 e. The number of likely N-dealkylation sites (N-methyl/N-ethyl adjacent to an activating group) is 1. The van der Waals surface area contributed by atoms with Crippen LogP contribution in [0.3, 0.4) is 0 Å². The van der Waals surface area contributed by atoms with E-state index < -0.39 is 23.7 Å². The molecule has 8 nitrogen and oxygen atoms in total. The van der Waals surface area contributed by atoms with E-state index in [9.17, 15) is 14.4 Å². The van der Waals surface area contributed by atoms with E-state index in [0.29, 0.717) is 17.9 Å². The Kier molecular flexibility index (Phi) is 5.39. The SMILES string of the molecule is COc1ccc(COc2cccc(C3=NC(C(=O)O)C(=O)C(=O)N3C)c2)cc1. The molecule has 1 aliphatic heterocycles. The van der Waals surface area contributed by atoms with Crippen LogP contribution in [0.4, 0.5) is 0 Å². The van der Waals surface area contributed by atoms with Gasteiger partial charge in [0.25, 0.3) is 11.7 Å². The number of hydrogen-bond donors (Lipinski definition) is 1. The zero-order chi connectivity index (χ0) is 20.3. The maximum absolute atomic E-state index is 12.1. The fraction of sp³-hybridized carbons (Fsp3) is 0.200. The summed E-state index contributed by atoms with van der Waals surface area (Å²) in [4.78, 5) is 40.1. The number of rotatable bonds is 6. The van der Waals surface area contributed by atoms with Gasteiger partial charge in [-0.25, -0.2) is 9.79 Å². The number of carbonyl (C=O) groups is 3. The average molecular weight is 382 g/mol. The highest BCUT2D eigenvalue weighted by molar-refractivity contribution is 6.46. The van der Waals surface area contributed by atoms with E-state index in [1.54, 1.807) is 31.4 Å². The van der Waals surface area contributed by atoms with E-state index in [-0.39, 0.29) is 5.84 Å².